The van der Waals surface area contributed by atoms with Crippen molar-refractivity contribution >= 4 is 28.4 Å². The molecule has 2 aromatic carbocycles. The SMILES string of the molecule is COc1cc2c(c(Nc3nc4ccccc4nc3C(N)=O)c1)OC(CO)C2. The van der Waals surface area contributed by atoms with Crippen LogP contribution in [0.3, 0.4) is 0 Å². The Morgan fingerprint density at radius 3 is 2.74 bits per heavy atom. The van der Waals surface area contributed by atoms with E-state index in [-0.39, 0.29) is 24.2 Å². The van der Waals surface area contributed by atoms with Gasteiger partial charge < -0.3 is 25.6 Å². The lowest BCUT2D eigenvalue weighted by Crippen LogP contribution is -2.18. The van der Waals surface area contributed by atoms with Gasteiger partial charge in [-0.25, -0.2) is 9.97 Å². The summed E-state index contributed by atoms with van der Waals surface area (Å²) in [4.78, 5) is 20.7. The molecular formula is C19H18N4O4. The number of primary amides is 1. The van der Waals surface area contributed by atoms with E-state index in [4.69, 9.17) is 15.2 Å². The van der Waals surface area contributed by atoms with Gasteiger partial charge in [-0.1, -0.05) is 12.1 Å². The number of amides is 1. The molecule has 0 radical (unpaired) electrons. The fourth-order valence-electron chi connectivity index (χ4n) is 3.10. The van der Waals surface area contributed by atoms with Gasteiger partial charge in [0.15, 0.2) is 11.5 Å². The van der Waals surface area contributed by atoms with Crippen LogP contribution in [0.2, 0.25) is 0 Å². The van der Waals surface area contributed by atoms with E-state index in [1.165, 1.54) is 0 Å². The first-order valence-corrected chi connectivity index (χ1v) is 8.41. The molecule has 1 unspecified atom stereocenters. The molecule has 8 nitrogen and oxygen atoms in total. The second-order valence-electron chi connectivity index (χ2n) is 6.19. The van der Waals surface area contributed by atoms with Gasteiger partial charge in [0.25, 0.3) is 5.91 Å². The second-order valence-corrected chi connectivity index (χ2v) is 6.19. The lowest BCUT2D eigenvalue weighted by atomic mass is 10.1. The number of aliphatic hydroxyl groups excluding tert-OH is 1. The highest BCUT2D eigenvalue weighted by Gasteiger charge is 2.27. The molecule has 3 aromatic rings. The Kier molecular flexibility index (Phi) is 4.25. The van der Waals surface area contributed by atoms with Crippen LogP contribution in [0.5, 0.6) is 11.5 Å². The Balaban J connectivity index is 1.82. The van der Waals surface area contributed by atoms with Crippen molar-refractivity contribution in [1.82, 2.24) is 9.97 Å². The van der Waals surface area contributed by atoms with Crippen molar-refractivity contribution in [3.8, 4) is 11.5 Å². The quantitative estimate of drug-likeness (QED) is 0.629. The molecule has 27 heavy (non-hydrogen) atoms. The van der Waals surface area contributed by atoms with Gasteiger partial charge in [-0.3, -0.25) is 4.79 Å². The van der Waals surface area contributed by atoms with Crippen LogP contribution in [0.25, 0.3) is 11.0 Å². The fourth-order valence-corrected chi connectivity index (χ4v) is 3.10. The van der Waals surface area contributed by atoms with Crippen molar-refractivity contribution in [2.45, 2.75) is 12.5 Å². The van der Waals surface area contributed by atoms with Crippen molar-refractivity contribution < 1.29 is 19.4 Å². The molecule has 138 valence electrons. The summed E-state index contributed by atoms with van der Waals surface area (Å²) in [7, 11) is 1.56. The van der Waals surface area contributed by atoms with E-state index in [2.05, 4.69) is 15.3 Å². The number of carbonyl (C=O) groups excluding carboxylic acids is 1. The summed E-state index contributed by atoms with van der Waals surface area (Å²) in [5, 5.41) is 12.5. The number of para-hydroxylation sites is 2. The first-order chi connectivity index (χ1) is 13.1. The van der Waals surface area contributed by atoms with Crippen LogP contribution in [0.1, 0.15) is 16.1 Å². The summed E-state index contributed by atoms with van der Waals surface area (Å²) < 4.78 is 11.2. The van der Waals surface area contributed by atoms with Crippen molar-refractivity contribution in [1.29, 1.82) is 0 Å². The van der Waals surface area contributed by atoms with Crippen molar-refractivity contribution in [3.63, 3.8) is 0 Å². The normalized spacial score (nSPS) is 15.3. The number of benzene rings is 2. The van der Waals surface area contributed by atoms with Crippen LogP contribution in [0.15, 0.2) is 36.4 Å². The number of fused-ring (bicyclic) bond motifs is 2. The van der Waals surface area contributed by atoms with Crippen molar-refractivity contribution in [2.24, 2.45) is 5.73 Å². The number of carbonyl (C=O) groups is 1. The zero-order valence-corrected chi connectivity index (χ0v) is 14.6. The summed E-state index contributed by atoms with van der Waals surface area (Å²) in [6, 6.07) is 10.8. The third kappa shape index (κ3) is 3.11. The van der Waals surface area contributed by atoms with Gasteiger partial charge in [0.2, 0.25) is 0 Å². The molecule has 1 amide bonds. The average Bonchev–Trinajstić information content (AvgIpc) is 3.10. The van der Waals surface area contributed by atoms with Gasteiger partial charge in [0.1, 0.15) is 17.6 Å². The lowest BCUT2D eigenvalue weighted by Gasteiger charge is -2.15. The Bertz CT molecular complexity index is 1040. The molecule has 1 aromatic heterocycles. The molecule has 0 saturated heterocycles. The maximum absolute atomic E-state index is 11.9. The molecule has 1 atom stereocenters. The number of aliphatic hydroxyl groups is 1. The van der Waals surface area contributed by atoms with Gasteiger partial charge in [-0.15, -0.1) is 0 Å². The number of hydrogen-bond acceptors (Lipinski definition) is 7. The molecule has 0 bridgehead atoms. The molecule has 1 aliphatic heterocycles. The molecule has 0 aliphatic carbocycles. The number of nitrogens with zero attached hydrogens (tertiary/aromatic N) is 2. The van der Waals surface area contributed by atoms with Crippen molar-refractivity contribution in [3.05, 3.63) is 47.7 Å². The summed E-state index contributed by atoms with van der Waals surface area (Å²) in [5.74, 6) is 0.741. The molecule has 1 aliphatic rings. The molecule has 8 heteroatoms. The lowest BCUT2D eigenvalue weighted by molar-refractivity contribution is 0.0996. The van der Waals surface area contributed by atoms with Crippen molar-refractivity contribution in [2.75, 3.05) is 19.0 Å². The smallest absolute Gasteiger partial charge is 0.271 e. The summed E-state index contributed by atoms with van der Waals surface area (Å²) in [5.41, 5.74) is 8.18. The van der Waals surface area contributed by atoms with Gasteiger partial charge >= 0.3 is 0 Å². The third-order valence-electron chi connectivity index (χ3n) is 4.37. The highest BCUT2D eigenvalue weighted by atomic mass is 16.5. The Hall–Kier alpha value is -3.39. The highest BCUT2D eigenvalue weighted by molar-refractivity contribution is 5.98. The van der Waals surface area contributed by atoms with Crippen LogP contribution in [0.4, 0.5) is 11.5 Å². The molecule has 2 heterocycles. The molecule has 4 N–H and O–H groups in total. The van der Waals surface area contributed by atoms with E-state index >= 15 is 0 Å². The summed E-state index contributed by atoms with van der Waals surface area (Å²) >= 11 is 0. The van der Waals surface area contributed by atoms with Gasteiger partial charge in [-0.2, -0.15) is 0 Å². The molecule has 0 spiro atoms. The third-order valence-corrected chi connectivity index (χ3v) is 4.37. The maximum atomic E-state index is 11.9. The van der Waals surface area contributed by atoms with E-state index in [9.17, 15) is 9.90 Å². The molecular weight excluding hydrogens is 348 g/mol. The number of aromatic nitrogens is 2. The van der Waals surface area contributed by atoms with Crippen LogP contribution in [0, 0.1) is 0 Å². The fraction of sp³-hybridized carbons (Fsp3) is 0.211. The first kappa shape index (κ1) is 17.0. The van der Waals surface area contributed by atoms with E-state index in [1.807, 2.05) is 18.2 Å². The first-order valence-electron chi connectivity index (χ1n) is 8.41. The molecule has 4 rings (SSSR count). The van der Waals surface area contributed by atoms with Gasteiger partial charge in [0.05, 0.1) is 30.4 Å². The van der Waals surface area contributed by atoms with Gasteiger partial charge in [-0.05, 0) is 18.2 Å². The number of rotatable bonds is 5. The van der Waals surface area contributed by atoms with Crippen LogP contribution in [-0.4, -0.2) is 40.8 Å². The van der Waals surface area contributed by atoms with E-state index in [0.717, 1.165) is 5.56 Å². The van der Waals surface area contributed by atoms with E-state index in [1.54, 1.807) is 25.3 Å². The Morgan fingerprint density at radius 2 is 2.07 bits per heavy atom. The average molecular weight is 366 g/mol. The monoisotopic (exact) mass is 366 g/mol. The highest BCUT2D eigenvalue weighted by Crippen LogP contribution is 2.41. The topological polar surface area (TPSA) is 120 Å². The number of nitrogens with one attached hydrogen (secondary N) is 1. The molecule has 0 saturated carbocycles. The predicted octanol–water partition coefficient (Wildman–Crippen LogP) is 1.78. The summed E-state index contributed by atoms with van der Waals surface area (Å²) in [6.45, 7) is -0.0985. The number of anilines is 2. The van der Waals surface area contributed by atoms with Gasteiger partial charge in [0, 0.05) is 18.1 Å². The predicted molar refractivity (Wildman–Crippen MR) is 99.5 cm³/mol. The minimum atomic E-state index is -0.690. The Morgan fingerprint density at radius 1 is 1.33 bits per heavy atom. The number of methoxy groups -OCH3 is 1. The van der Waals surface area contributed by atoms with Crippen LogP contribution >= 0.6 is 0 Å². The Labute approximate surface area is 155 Å². The van der Waals surface area contributed by atoms with Crippen LogP contribution < -0.4 is 20.5 Å². The zero-order valence-electron chi connectivity index (χ0n) is 14.6. The number of ether oxygens (including phenoxy) is 2. The molecule has 0 fully saturated rings. The minimum Gasteiger partial charge on any atom is -0.497 e. The number of nitrogens with two attached hydrogens (primary N) is 1. The summed E-state index contributed by atoms with van der Waals surface area (Å²) in [6.07, 6.45) is 0.231. The van der Waals surface area contributed by atoms with Crippen LogP contribution in [-0.2, 0) is 6.42 Å². The minimum absolute atomic E-state index is 0.0296. The largest absolute Gasteiger partial charge is 0.497 e. The van der Waals surface area contributed by atoms with E-state index < -0.39 is 5.91 Å². The maximum Gasteiger partial charge on any atom is 0.271 e. The zero-order chi connectivity index (χ0) is 19.0. The second kappa shape index (κ2) is 6.73. The standard InChI is InChI=1S/C19H18N4O4/c1-26-11-6-10-7-12(9-24)27-17(10)15(8-11)23-19-16(18(20)25)21-13-4-2-3-5-14(13)22-19/h2-6,8,12,24H,7,9H2,1H3,(H2,20,25)(H,22,23). The number of hydrogen-bond donors (Lipinski definition) is 3. The van der Waals surface area contributed by atoms with E-state index in [0.29, 0.717) is 34.6 Å².